The number of hydrogen-bond acceptors (Lipinski definition) is 4. The fourth-order valence-electron chi connectivity index (χ4n) is 4.65. The minimum Gasteiger partial charge on any atom is -0.329 e. The van der Waals surface area contributed by atoms with Gasteiger partial charge in [0.2, 0.25) is 0 Å². The summed E-state index contributed by atoms with van der Waals surface area (Å²) in [4.78, 5) is 13.7. The maximum Gasteiger partial charge on any atom is 0.140 e. The Kier molecular flexibility index (Phi) is 8.90. The van der Waals surface area contributed by atoms with Crippen molar-refractivity contribution in [2.45, 2.75) is 26.7 Å². The topological polar surface area (TPSA) is 31.7 Å². The molecule has 0 unspecified atom stereocenters. The number of aliphatic imine (C=N–C) groups is 1. The van der Waals surface area contributed by atoms with Gasteiger partial charge in [-0.05, 0) is 84.5 Å². The Labute approximate surface area is 233 Å². The van der Waals surface area contributed by atoms with E-state index in [4.69, 9.17) is 4.99 Å². The molecule has 1 aliphatic rings. The molecule has 2 aromatic carbocycles. The Hall–Kier alpha value is -4.70. The van der Waals surface area contributed by atoms with Crippen LogP contribution in [0.2, 0.25) is 0 Å². The Morgan fingerprint density at radius 3 is 2.36 bits per heavy atom. The van der Waals surface area contributed by atoms with E-state index in [1.165, 1.54) is 0 Å². The lowest BCUT2D eigenvalue weighted by Gasteiger charge is -2.34. The van der Waals surface area contributed by atoms with Crippen LogP contribution in [-0.4, -0.2) is 18.2 Å². The van der Waals surface area contributed by atoms with Crippen molar-refractivity contribution in [1.82, 2.24) is 4.98 Å². The summed E-state index contributed by atoms with van der Waals surface area (Å²) < 4.78 is 0. The van der Waals surface area contributed by atoms with E-state index in [1.807, 2.05) is 38.4 Å². The van der Waals surface area contributed by atoms with E-state index in [0.717, 1.165) is 69.4 Å². The smallest absolute Gasteiger partial charge is 0.140 e. The monoisotopic (exact) mass is 512 g/mol. The zero-order valence-electron chi connectivity index (χ0n) is 23.1. The summed E-state index contributed by atoms with van der Waals surface area (Å²) in [6, 6.07) is 21.3. The first-order valence-electron chi connectivity index (χ1n) is 13.1. The van der Waals surface area contributed by atoms with E-state index in [1.54, 1.807) is 12.3 Å². The number of rotatable bonds is 9. The van der Waals surface area contributed by atoms with Gasteiger partial charge in [0.15, 0.2) is 0 Å². The average Bonchev–Trinajstić information content (AvgIpc) is 2.97. The van der Waals surface area contributed by atoms with Crippen molar-refractivity contribution >= 4 is 23.4 Å². The van der Waals surface area contributed by atoms with Crippen LogP contribution in [0.4, 0.5) is 17.2 Å². The van der Waals surface area contributed by atoms with Crippen LogP contribution >= 0.6 is 0 Å². The molecule has 196 valence electrons. The normalized spacial score (nSPS) is 15.0. The van der Waals surface area contributed by atoms with E-state index in [-0.39, 0.29) is 0 Å². The maximum absolute atomic E-state index is 4.72. The second-order valence-corrected chi connectivity index (χ2v) is 9.39. The van der Waals surface area contributed by atoms with Crippen molar-refractivity contribution in [3.8, 4) is 11.1 Å². The summed E-state index contributed by atoms with van der Waals surface area (Å²) in [7, 11) is 2.05. The Morgan fingerprint density at radius 1 is 1.03 bits per heavy atom. The molecule has 0 atom stereocenters. The summed E-state index contributed by atoms with van der Waals surface area (Å²) >= 11 is 0. The SMILES string of the molecule is C=C/C=N\C1=C(C)C(=C)C/C(=C\C=C/C)N1c1ccc(-c2ccc(N(C)c3ncccc3CC=C)cc2)cc1. The standard InChI is InChI=1S/C35H36N4/c1-7-10-14-33-25-26(4)27(5)34(36-23-9-3)39(33)32-21-17-29(18-22-32)28-15-19-31(20-16-28)38(6)35-30(12-8-2)13-11-24-37-35/h7-11,13-24H,2-4,12,25H2,1,5-6H3/b10-7-,33-14+,36-23-. The molecule has 4 heteroatoms. The molecule has 4 nitrogen and oxygen atoms in total. The highest BCUT2D eigenvalue weighted by Crippen LogP contribution is 2.38. The molecule has 0 fully saturated rings. The zero-order valence-corrected chi connectivity index (χ0v) is 23.1. The van der Waals surface area contributed by atoms with Crippen LogP contribution < -0.4 is 9.80 Å². The molecule has 39 heavy (non-hydrogen) atoms. The lowest BCUT2D eigenvalue weighted by Crippen LogP contribution is -2.26. The third kappa shape index (κ3) is 6.07. The van der Waals surface area contributed by atoms with Crippen LogP contribution in [0, 0.1) is 0 Å². The van der Waals surface area contributed by atoms with Gasteiger partial charge < -0.3 is 4.90 Å². The third-order valence-electron chi connectivity index (χ3n) is 6.81. The Balaban J connectivity index is 1.64. The highest BCUT2D eigenvalue weighted by atomic mass is 15.2. The molecule has 0 amide bonds. The van der Waals surface area contributed by atoms with Crippen molar-refractivity contribution in [1.29, 1.82) is 0 Å². The molecule has 0 aliphatic carbocycles. The van der Waals surface area contributed by atoms with E-state index < -0.39 is 0 Å². The number of aromatic nitrogens is 1. The lowest BCUT2D eigenvalue weighted by atomic mass is 9.97. The molecule has 0 radical (unpaired) electrons. The van der Waals surface area contributed by atoms with E-state index >= 15 is 0 Å². The molecule has 0 bridgehead atoms. The minimum absolute atomic E-state index is 0.769. The molecule has 1 aromatic heterocycles. The van der Waals surface area contributed by atoms with Gasteiger partial charge in [0.25, 0.3) is 0 Å². The van der Waals surface area contributed by atoms with E-state index in [2.05, 4.69) is 108 Å². The molecule has 2 heterocycles. The number of benzene rings is 2. The van der Waals surface area contributed by atoms with Crippen LogP contribution in [0.5, 0.6) is 0 Å². The van der Waals surface area contributed by atoms with Crippen molar-refractivity contribution in [2.24, 2.45) is 4.99 Å². The second-order valence-electron chi connectivity index (χ2n) is 9.39. The summed E-state index contributed by atoms with van der Waals surface area (Å²) in [5.74, 6) is 1.81. The highest BCUT2D eigenvalue weighted by molar-refractivity contribution is 5.76. The van der Waals surface area contributed by atoms with Crippen LogP contribution in [0.15, 0.2) is 145 Å². The summed E-state index contributed by atoms with van der Waals surface area (Å²) in [6.45, 7) is 16.1. The van der Waals surface area contributed by atoms with Gasteiger partial charge in [-0.3, -0.25) is 4.90 Å². The van der Waals surface area contributed by atoms with Crippen molar-refractivity contribution in [3.63, 3.8) is 0 Å². The molecule has 4 rings (SSSR count). The largest absolute Gasteiger partial charge is 0.329 e. The predicted octanol–water partition coefficient (Wildman–Crippen LogP) is 8.96. The highest BCUT2D eigenvalue weighted by Gasteiger charge is 2.25. The molecule has 0 N–H and O–H groups in total. The molecule has 0 saturated heterocycles. The maximum atomic E-state index is 4.72. The molecule has 0 spiro atoms. The third-order valence-corrected chi connectivity index (χ3v) is 6.81. The summed E-state index contributed by atoms with van der Waals surface area (Å²) in [5, 5.41) is 0. The van der Waals surface area contributed by atoms with Gasteiger partial charge in [-0.1, -0.05) is 67.8 Å². The Bertz CT molecular complexity index is 1470. The first kappa shape index (κ1) is 27.3. The van der Waals surface area contributed by atoms with Crippen molar-refractivity contribution < 1.29 is 0 Å². The van der Waals surface area contributed by atoms with Crippen molar-refractivity contribution in [2.75, 3.05) is 16.8 Å². The molecule has 0 saturated carbocycles. The average molecular weight is 513 g/mol. The first-order chi connectivity index (χ1) is 19.0. The number of pyridine rings is 1. The fourth-order valence-corrected chi connectivity index (χ4v) is 4.65. The van der Waals surface area contributed by atoms with Gasteiger partial charge in [0.05, 0.1) is 0 Å². The van der Waals surface area contributed by atoms with Crippen LogP contribution in [0.25, 0.3) is 11.1 Å². The van der Waals surface area contributed by atoms with E-state index in [9.17, 15) is 0 Å². The summed E-state index contributed by atoms with van der Waals surface area (Å²) in [6.07, 6.45) is 14.9. The number of nitrogens with zero attached hydrogens (tertiary/aromatic N) is 4. The molecular weight excluding hydrogens is 476 g/mol. The van der Waals surface area contributed by atoms with Gasteiger partial charge in [-0.25, -0.2) is 9.98 Å². The van der Waals surface area contributed by atoms with Gasteiger partial charge in [-0.15, -0.1) is 6.58 Å². The quantitative estimate of drug-likeness (QED) is 0.212. The van der Waals surface area contributed by atoms with Crippen LogP contribution in [0.1, 0.15) is 25.8 Å². The van der Waals surface area contributed by atoms with Gasteiger partial charge in [0.1, 0.15) is 11.6 Å². The number of allylic oxidation sites excluding steroid dienone is 7. The van der Waals surface area contributed by atoms with Crippen LogP contribution in [-0.2, 0) is 6.42 Å². The number of anilines is 3. The van der Waals surface area contributed by atoms with Gasteiger partial charge in [-0.2, -0.15) is 0 Å². The summed E-state index contributed by atoms with van der Waals surface area (Å²) in [5.41, 5.74) is 8.87. The first-order valence-corrected chi connectivity index (χ1v) is 13.1. The second kappa shape index (κ2) is 12.7. The molecule has 3 aromatic rings. The van der Waals surface area contributed by atoms with Gasteiger partial charge >= 0.3 is 0 Å². The van der Waals surface area contributed by atoms with Crippen LogP contribution in [0.3, 0.4) is 0 Å². The fraction of sp³-hybridized carbons (Fsp3) is 0.143. The predicted molar refractivity (Wildman–Crippen MR) is 169 cm³/mol. The lowest BCUT2D eigenvalue weighted by molar-refractivity contribution is 0.906. The molecular formula is C35H36N4. The number of hydrogen-bond donors (Lipinski definition) is 0. The van der Waals surface area contributed by atoms with E-state index in [0.29, 0.717) is 0 Å². The van der Waals surface area contributed by atoms with Gasteiger partial charge in [0, 0.05) is 43.0 Å². The minimum atomic E-state index is 0.769. The van der Waals surface area contributed by atoms with Crippen molar-refractivity contribution in [3.05, 3.63) is 145 Å². The zero-order chi connectivity index (χ0) is 27.8. The Morgan fingerprint density at radius 2 is 1.72 bits per heavy atom. The molecule has 1 aliphatic heterocycles.